The van der Waals surface area contributed by atoms with Crippen molar-refractivity contribution in [3.63, 3.8) is 0 Å². The highest BCUT2D eigenvalue weighted by Gasteiger charge is 2.21. The van der Waals surface area contributed by atoms with Gasteiger partial charge in [-0.15, -0.1) is 0 Å². The summed E-state index contributed by atoms with van der Waals surface area (Å²) in [5, 5.41) is 2.60. The molecule has 11 heteroatoms. The molecule has 0 unspecified atom stereocenters. The number of carbonyl (C=O) groups excluding carboxylic acids is 1. The van der Waals surface area contributed by atoms with Crippen LogP contribution in [-0.2, 0) is 4.74 Å². The van der Waals surface area contributed by atoms with Gasteiger partial charge in [-0.3, -0.25) is 0 Å². The van der Waals surface area contributed by atoms with Gasteiger partial charge < -0.3 is 19.5 Å². The molecule has 1 N–H and O–H groups in total. The Bertz CT molecular complexity index is 813. The smallest absolute Gasteiger partial charge is 0.407 e. The van der Waals surface area contributed by atoms with E-state index in [1.165, 1.54) is 18.2 Å². The Labute approximate surface area is 179 Å². The van der Waals surface area contributed by atoms with Crippen LogP contribution in [0.15, 0.2) is 36.4 Å². The Kier molecular flexibility index (Phi) is 8.24. The summed E-state index contributed by atoms with van der Waals surface area (Å²) in [5.41, 5.74) is 0. The SMILES string of the molecule is O=C(NCCOc1ccc(Oc2cc(F)cc(F)c2)cc1Cl)OCC(Cl)(Cl)Cl. The lowest BCUT2D eigenvalue weighted by Crippen LogP contribution is -2.31. The van der Waals surface area contributed by atoms with Gasteiger partial charge in [-0.2, -0.15) is 0 Å². The fourth-order valence-corrected chi connectivity index (χ4v) is 2.29. The number of amides is 1. The quantitative estimate of drug-likeness (QED) is 0.401. The summed E-state index contributed by atoms with van der Waals surface area (Å²) in [5.74, 6) is -0.965. The largest absolute Gasteiger partial charge is 0.490 e. The van der Waals surface area contributed by atoms with E-state index in [9.17, 15) is 13.6 Å². The summed E-state index contributed by atoms with van der Waals surface area (Å²) in [6.07, 6.45) is -0.771. The third-order valence-corrected chi connectivity index (χ3v) is 3.59. The van der Waals surface area contributed by atoms with Crippen LogP contribution in [0.25, 0.3) is 0 Å². The second kappa shape index (κ2) is 10.2. The van der Waals surface area contributed by atoms with E-state index in [2.05, 4.69) is 10.1 Å². The fourth-order valence-electron chi connectivity index (χ4n) is 1.90. The number of halogens is 6. The van der Waals surface area contributed by atoms with Crippen molar-refractivity contribution in [1.29, 1.82) is 0 Å². The predicted octanol–water partition coefficient (Wildman–Crippen LogP) is 5.89. The molecule has 2 rings (SSSR count). The van der Waals surface area contributed by atoms with Crippen LogP contribution in [0.4, 0.5) is 13.6 Å². The van der Waals surface area contributed by atoms with Crippen LogP contribution in [0.3, 0.4) is 0 Å². The summed E-state index contributed by atoms with van der Waals surface area (Å²) in [6, 6.07) is 7.24. The topological polar surface area (TPSA) is 56.8 Å². The first-order valence-electron chi connectivity index (χ1n) is 7.66. The van der Waals surface area contributed by atoms with E-state index in [4.69, 9.17) is 55.9 Å². The molecule has 0 spiro atoms. The zero-order valence-electron chi connectivity index (χ0n) is 14.0. The Morgan fingerprint density at radius 1 is 1.04 bits per heavy atom. The summed E-state index contributed by atoms with van der Waals surface area (Å²) >= 11 is 22.5. The first-order valence-corrected chi connectivity index (χ1v) is 9.17. The normalized spacial score (nSPS) is 11.1. The molecule has 2 aromatic rings. The second-order valence-electron chi connectivity index (χ2n) is 5.27. The lowest BCUT2D eigenvalue weighted by Gasteiger charge is -2.13. The lowest BCUT2D eigenvalue weighted by atomic mass is 10.3. The molecule has 0 fully saturated rings. The van der Waals surface area contributed by atoms with Crippen LogP contribution in [-0.4, -0.2) is 29.6 Å². The molecule has 0 heterocycles. The molecule has 0 bridgehead atoms. The highest BCUT2D eigenvalue weighted by molar-refractivity contribution is 6.67. The fraction of sp³-hybridized carbons (Fsp3) is 0.235. The molecule has 0 saturated carbocycles. The minimum Gasteiger partial charge on any atom is -0.490 e. The first-order chi connectivity index (χ1) is 13.1. The van der Waals surface area contributed by atoms with E-state index in [1.54, 1.807) is 0 Å². The van der Waals surface area contributed by atoms with E-state index in [0.29, 0.717) is 5.75 Å². The average molecular weight is 475 g/mol. The van der Waals surface area contributed by atoms with Crippen LogP contribution in [0.1, 0.15) is 0 Å². The van der Waals surface area contributed by atoms with Crippen molar-refractivity contribution >= 4 is 52.5 Å². The molecule has 0 aromatic heterocycles. The summed E-state index contributed by atoms with van der Waals surface area (Å²) in [7, 11) is 0. The van der Waals surface area contributed by atoms with E-state index < -0.39 is 28.1 Å². The first kappa shape index (κ1) is 22.6. The Morgan fingerprint density at radius 3 is 2.32 bits per heavy atom. The van der Waals surface area contributed by atoms with Gasteiger partial charge in [-0.1, -0.05) is 46.4 Å². The zero-order valence-corrected chi connectivity index (χ0v) is 17.0. The minimum absolute atomic E-state index is 0.0141. The van der Waals surface area contributed by atoms with Crippen molar-refractivity contribution in [3.8, 4) is 17.2 Å². The molecule has 1 amide bonds. The van der Waals surface area contributed by atoms with Gasteiger partial charge in [0.2, 0.25) is 3.79 Å². The molecular weight excluding hydrogens is 462 g/mol. The molecule has 0 aliphatic carbocycles. The number of rotatable bonds is 7. The highest BCUT2D eigenvalue weighted by atomic mass is 35.6. The maximum absolute atomic E-state index is 13.2. The van der Waals surface area contributed by atoms with Crippen LogP contribution in [0.2, 0.25) is 5.02 Å². The number of hydrogen-bond donors (Lipinski definition) is 1. The van der Waals surface area contributed by atoms with E-state index in [1.807, 2.05) is 0 Å². The van der Waals surface area contributed by atoms with Crippen molar-refractivity contribution in [1.82, 2.24) is 5.32 Å². The van der Waals surface area contributed by atoms with Crippen LogP contribution in [0, 0.1) is 11.6 Å². The molecule has 0 atom stereocenters. The maximum atomic E-state index is 13.2. The molecule has 5 nitrogen and oxygen atoms in total. The van der Waals surface area contributed by atoms with E-state index in [0.717, 1.165) is 18.2 Å². The van der Waals surface area contributed by atoms with Gasteiger partial charge in [0, 0.05) is 24.3 Å². The lowest BCUT2D eigenvalue weighted by molar-refractivity contribution is 0.146. The number of carbonyl (C=O) groups is 1. The van der Waals surface area contributed by atoms with Crippen LogP contribution >= 0.6 is 46.4 Å². The second-order valence-corrected chi connectivity index (χ2v) is 8.19. The van der Waals surface area contributed by atoms with E-state index in [-0.39, 0.29) is 29.7 Å². The molecule has 0 radical (unpaired) electrons. The molecule has 152 valence electrons. The van der Waals surface area contributed by atoms with Crippen molar-refractivity contribution < 1.29 is 27.8 Å². The van der Waals surface area contributed by atoms with E-state index >= 15 is 0 Å². The van der Waals surface area contributed by atoms with Crippen molar-refractivity contribution in [2.45, 2.75) is 3.79 Å². The van der Waals surface area contributed by atoms with Gasteiger partial charge in [0.05, 0.1) is 11.6 Å². The Morgan fingerprint density at radius 2 is 1.71 bits per heavy atom. The number of alkyl carbamates (subject to hydrolysis) is 1. The summed E-state index contributed by atoms with van der Waals surface area (Å²) < 4.78 is 40.1. The Hall–Kier alpha value is -1.67. The molecular formula is C17H13Cl4F2NO4. The number of benzene rings is 2. The van der Waals surface area contributed by atoms with Crippen LogP contribution < -0.4 is 14.8 Å². The van der Waals surface area contributed by atoms with Crippen molar-refractivity contribution in [2.75, 3.05) is 19.8 Å². The maximum Gasteiger partial charge on any atom is 0.407 e. The number of ether oxygens (including phenoxy) is 3. The van der Waals surface area contributed by atoms with Gasteiger partial charge in [0.1, 0.15) is 42.1 Å². The minimum atomic E-state index is -1.69. The standard InChI is InChI=1S/C17H13Cl4F2NO4/c18-14-8-12(28-13-6-10(22)5-11(23)7-13)1-2-15(14)26-4-3-24-16(25)27-9-17(19,20)21/h1-2,5-8H,3-4,9H2,(H,24,25). The number of hydrogen-bond acceptors (Lipinski definition) is 4. The third-order valence-electron chi connectivity index (χ3n) is 2.97. The predicted molar refractivity (Wildman–Crippen MR) is 103 cm³/mol. The van der Waals surface area contributed by atoms with Gasteiger partial charge in [-0.05, 0) is 12.1 Å². The highest BCUT2D eigenvalue weighted by Crippen LogP contribution is 2.31. The van der Waals surface area contributed by atoms with Crippen molar-refractivity contribution in [3.05, 3.63) is 53.1 Å². The van der Waals surface area contributed by atoms with Crippen LogP contribution in [0.5, 0.6) is 17.2 Å². The molecule has 0 aliphatic rings. The summed E-state index contributed by atoms with van der Waals surface area (Å²) in [4.78, 5) is 11.4. The molecule has 2 aromatic carbocycles. The van der Waals surface area contributed by atoms with Crippen molar-refractivity contribution in [2.24, 2.45) is 0 Å². The van der Waals surface area contributed by atoms with Gasteiger partial charge in [0.25, 0.3) is 0 Å². The number of alkyl halides is 3. The van der Waals surface area contributed by atoms with Gasteiger partial charge in [0.15, 0.2) is 0 Å². The third kappa shape index (κ3) is 8.14. The summed E-state index contributed by atoms with van der Waals surface area (Å²) in [6.45, 7) is -0.208. The molecule has 0 aliphatic heterocycles. The Balaban J connectivity index is 1.81. The van der Waals surface area contributed by atoms with Gasteiger partial charge in [-0.25, -0.2) is 13.6 Å². The zero-order chi connectivity index (χ0) is 20.7. The average Bonchev–Trinajstić information content (AvgIpc) is 2.57. The monoisotopic (exact) mass is 473 g/mol. The number of nitrogens with one attached hydrogen (secondary N) is 1. The van der Waals surface area contributed by atoms with Gasteiger partial charge >= 0.3 is 6.09 Å². The molecule has 28 heavy (non-hydrogen) atoms. The molecule has 0 saturated heterocycles.